The van der Waals surface area contributed by atoms with Gasteiger partial charge in [0.05, 0.1) is 4.90 Å². The van der Waals surface area contributed by atoms with Gasteiger partial charge < -0.3 is 0 Å². The summed E-state index contributed by atoms with van der Waals surface area (Å²) < 4.78 is 35.0. The van der Waals surface area contributed by atoms with Crippen molar-refractivity contribution in [3.05, 3.63) is 28.0 Å². The Kier molecular flexibility index (Phi) is 2.99. The lowest BCUT2D eigenvalue weighted by atomic mass is 10.2. The molecule has 0 aromatic heterocycles. The third-order valence-corrected chi connectivity index (χ3v) is 3.76. The molecule has 0 fully saturated rings. The normalized spacial score (nSPS) is 11.7. The average Bonchev–Trinajstić information content (AvgIpc) is 1.94. The molecule has 13 heavy (non-hydrogen) atoms. The van der Waals surface area contributed by atoms with Crippen LogP contribution < -0.4 is 0 Å². The van der Waals surface area contributed by atoms with Crippen LogP contribution in [0.3, 0.4) is 0 Å². The molecular weight excluding hydrogens is 282 g/mol. The van der Waals surface area contributed by atoms with Gasteiger partial charge in [0.25, 0.3) is 9.05 Å². The van der Waals surface area contributed by atoms with Gasteiger partial charge in [-0.3, -0.25) is 0 Å². The lowest BCUT2D eigenvalue weighted by molar-refractivity contribution is 0.598. The van der Waals surface area contributed by atoms with E-state index in [1.807, 2.05) is 0 Å². The molecule has 0 N–H and O–H groups in total. The van der Waals surface area contributed by atoms with Crippen molar-refractivity contribution in [2.75, 3.05) is 0 Å². The fourth-order valence-corrected chi connectivity index (χ4v) is 3.11. The van der Waals surface area contributed by atoms with E-state index >= 15 is 0 Å². The van der Waals surface area contributed by atoms with E-state index in [4.69, 9.17) is 10.7 Å². The maximum Gasteiger partial charge on any atom is 0.262 e. The van der Waals surface area contributed by atoms with Crippen molar-refractivity contribution >= 4 is 35.7 Å². The summed E-state index contributed by atoms with van der Waals surface area (Å²) in [4.78, 5) is -0.253. The molecule has 0 saturated carbocycles. The first kappa shape index (κ1) is 10.9. The predicted octanol–water partition coefficient (Wildman–Crippen LogP) is 2.82. The van der Waals surface area contributed by atoms with Gasteiger partial charge in [0, 0.05) is 15.2 Å². The zero-order valence-corrected chi connectivity index (χ0v) is 9.67. The first-order chi connectivity index (χ1) is 5.82. The molecule has 0 spiro atoms. The third-order valence-electron chi connectivity index (χ3n) is 1.48. The Labute approximate surface area is 88.3 Å². The maximum absolute atomic E-state index is 12.9. The van der Waals surface area contributed by atoms with E-state index in [2.05, 4.69) is 15.9 Å². The van der Waals surface area contributed by atoms with Crippen LogP contribution in [0.1, 0.15) is 5.56 Å². The van der Waals surface area contributed by atoms with Crippen LogP contribution in [-0.4, -0.2) is 8.42 Å². The Balaban J connectivity index is 3.50. The quantitative estimate of drug-likeness (QED) is 0.744. The van der Waals surface area contributed by atoms with E-state index in [0.29, 0.717) is 5.56 Å². The van der Waals surface area contributed by atoms with E-state index in [0.717, 1.165) is 6.07 Å². The van der Waals surface area contributed by atoms with Gasteiger partial charge in [0.15, 0.2) is 0 Å². The molecule has 0 heterocycles. The summed E-state index contributed by atoms with van der Waals surface area (Å²) in [5, 5.41) is 0. The summed E-state index contributed by atoms with van der Waals surface area (Å²) in [6, 6.07) is 2.26. The van der Waals surface area contributed by atoms with Gasteiger partial charge >= 0.3 is 0 Å². The molecule has 0 amide bonds. The molecule has 0 saturated heterocycles. The highest BCUT2D eigenvalue weighted by molar-refractivity contribution is 9.10. The zero-order valence-electron chi connectivity index (χ0n) is 6.51. The topological polar surface area (TPSA) is 34.1 Å². The van der Waals surface area contributed by atoms with Gasteiger partial charge in [-0.25, -0.2) is 12.8 Å². The summed E-state index contributed by atoms with van der Waals surface area (Å²) in [5.74, 6) is -0.595. The molecule has 0 unspecified atom stereocenters. The van der Waals surface area contributed by atoms with Gasteiger partial charge in [0.2, 0.25) is 0 Å². The van der Waals surface area contributed by atoms with Crippen molar-refractivity contribution in [2.45, 2.75) is 11.8 Å². The smallest absolute Gasteiger partial charge is 0.207 e. The standard InChI is InChI=1S/C7H5BrClFO2S/c1-4-2-5(8)7(3-6(4)10)13(9,11)12/h2-3H,1H3. The number of halogens is 3. The summed E-state index contributed by atoms with van der Waals surface area (Å²) >= 11 is 2.99. The van der Waals surface area contributed by atoms with E-state index in [-0.39, 0.29) is 9.37 Å². The largest absolute Gasteiger partial charge is 0.262 e. The van der Waals surface area contributed by atoms with E-state index in [1.165, 1.54) is 13.0 Å². The second-order valence-corrected chi connectivity index (χ2v) is 5.86. The number of benzene rings is 1. The van der Waals surface area contributed by atoms with Gasteiger partial charge in [-0.2, -0.15) is 0 Å². The van der Waals surface area contributed by atoms with Crippen molar-refractivity contribution in [2.24, 2.45) is 0 Å². The van der Waals surface area contributed by atoms with Crippen LogP contribution in [-0.2, 0) is 9.05 Å². The van der Waals surface area contributed by atoms with Gasteiger partial charge in [-0.15, -0.1) is 0 Å². The second-order valence-electron chi connectivity index (χ2n) is 2.47. The van der Waals surface area contributed by atoms with E-state index in [1.54, 1.807) is 0 Å². The minimum atomic E-state index is -3.89. The molecule has 0 bridgehead atoms. The number of hydrogen-bond donors (Lipinski definition) is 0. The van der Waals surface area contributed by atoms with Crippen LogP contribution in [0.2, 0.25) is 0 Å². The highest BCUT2D eigenvalue weighted by Crippen LogP contribution is 2.27. The Hall–Kier alpha value is -0.130. The summed E-state index contributed by atoms with van der Waals surface area (Å²) in [5.41, 5.74) is 0.357. The van der Waals surface area contributed by atoms with Gasteiger partial charge in [-0.1, -0.05) is 0 Å². The lowest BCUT2D eigenvalue weighted by Gasteiger charge is -2.02. The molecule has 1 aromatic rings. The molecule has 2 nitrogen and oxygen atoms in total. The summed E-state index contributed by atoms with van der Waals surface area (Å²) in [7, 11) is 1.18. The van der Waals surface area contributed by atoms with E-state index < -0.39 is 14.9 Å². The predicted molar refractivity (Wildman–Crippen MR) is 51.9 cm³/mol. The zero-order chi connectivity index (χ0) is 10.2. The fraction of sp³-hybridized carbons (Fsp3) is 0.143. The van der Waals surface area contributed by atoms with Crippen molar-refractivity contribution < 1.29 is 12.8 Å². The Morgan fingerprint density at radius 3 is 2.46 bits per heavy atom. The molecule has 72 valence electrons. The van der Waals surface area contributed by atoms with Crippen molar-refractivity contribution in [1.82, 2.24) is 0 Å². The molecule has 1 rings (SSSR count). The molecule has 0 atom stereocenters. The SMILES string of the molecule is Cc1cc(Br)c(S(=O)(=O)Cl)cc1F. The first-order valence-electron chi connectivity index (χ1n) is 3.22. The molecule has 1 aromatic carbocycles. The van der Waals surface area contributed by atoms with E-state index in [9.17, 15) is 12.8 Å². The van der Waals surface area contributed by atoms with Crippen LogP contribution in [0.25, 0.3) is 0 Å². The first-order valence-corrected chi connectivity index (χ1v) is 6.33. The Bertz CT molecular complexity index is 444. The molecule has 0 radical (unpaired) electrons. The second kappa shape index (κ2) is 3.55. The minimum absolute atomic E-state index is 0.253. The molecule has 0 aliphatic carbocycles. The Morgan fingerprint density at radius 2 is 2.00 bits per heavy atom. The van der Waals surface area contributed by atoms with Gasteiger partial charge in [0.1, 0.15) is 5.82 Å². The van der Waals surface area contributed by atoms with Crippen molar-refractivity contribution in [1.29, 1.82) is 0 Å². The maximum atomic E-state index is 12.9. The molecule has 0 aliphatic rings. The molecule has 6 heteroatoms. The number of aryl methyl sites for hydroxylation is 1. The monoisotopic (exact) mass is 286 g/mol. The summed E-state index contributed by atoms with van der Waals surface area (Å²) in [6.45, 7) is 1.53. The van der Waals surface area contributed by atoms with Gasteiger partial charge in [-0.05, 0) is 40.5 Å². The van der Waals surface area contributed by atoms with Crippen LogP contribution in [0.4, 0.5) is 4.39 Å². The minimum Gasteiger partial charge on any atom is -0.207 e. The van der Waals surface area contributed by atoms with Crippen LogP contribution >= 0.6 is 26.6 Å². The molecule has 0 aliphatic heterocycles. The fourth-order valence-electron chi connectivity index (χ4n) is 0.815. The third kappa shape index (κ3) is 2.42. The molecular formula is C7H5BrClFO2S. The summed E-state index contributed by atoms with van der Waals surface area (Å²) in [6.07, 6.45) is 0. The Morgan fingerprint density at radius 1 is 1.46 bits per heavy atom. The lowest BCUT2D eigenvalue weighted by Crippen LogP contribution is -1.95. The van der Waals surface area contributed by atoms with Crippen molar-refractivity contribution in [3.63, 3.8) is 0 Å². The van der Waals surface area contributed by atoms with Crippen LogP contribution in [0.15, 0.2) is 21.5 Å². The highest BCUT2D eigenvalue weighted by atomic mass is 79.9. The van der Waals surface area contributed by atoms with Crippen LogP contribution in [0, 0.1) is 12.7 Å². The highest BCUT2D eigenvalue weighted by Gasteiger charge is 2.16. The average molecular weight is 288 g/mol. The number of rotatable bonds is 1. The van der Waals surface area contributed by atoms with Crippen LogP contribution in [0.5, 0.6) is 0 Å². The number of hydrogen-bond acceptors (Lipinski definition) is 2. The van der Waals surface area contributed by atoms with Crippen molar-refractivity contribution in [3.8, 4) is 0 Å².